The molecular weight excluding hydrogens is 270 g/mol. The summed E-state index contributed by atoms with van der Waals surface area (Å²) in [7, 11) is 0. The first-order chi connectivity index (χ1) is 9.67. The molecule has 110 valence electrons. The van der Waals surface area contributed by atoms with Gasteiger partial charge in [0.25, 0.3) is 0 Å². The fraction of sp³-hybridized carbons (Fsp3) is 0.625. The first-order valence-corrected chi connectivity index (χ1v) is 8.56. The Hall–Kier alpha value is -0.710. The van der Waals surface area contributed by atoms with E-state index in [9.17, 15) is 0 Å². The maximum atomic E-state index is 6.19. The topological polar surface area (TPSA) is 44.5 Å². The van der Waals surface area contributed by atoms with Gasteiger partial charge in [-0.05, 0) is 36.8 Å². The molecule has 0 bridgehead atoms. The van der Waals surface area contributed by atoms with Crippen LogP contribution in [0, 0.1) is 0 Å². The smallest absolute Gasteiger partial charge is 0.120 e. The summed E-state index contributed by atoms with van der Waals surface area (Å²) < 4.78 is 12.2. The lowest BCUT2D eigenvalue weighted by Gasteiger charge is -2.37. The van der Waals surface area contributed by atoms with Gasteiger partial charge in [0.2, 0.25) is 0 Å². The molecule has 2 saturated heterocycles. The monoisotopic (exact) mass is 293 g/mol. The molecule has 2 aliphatic rings. The molecule has 0 aliphatic carbocycles. The van der Waals surface area contributed by atoms with E-state index in [0.29, 0.717) is 0 Å². The van der Waals surface area contributed by atoms with Crippen LogP contribution in [0.25, 0.3) is 0 Å². The first kappa shape index (κ1) is 14.2. The van der Waals surface area contributed by atoms with Gasteiger partial charge in [-0.1, -0.05) is 12.1 Å². The summed E-state index contributed by atoms with van der Waals surface area (Å²) in [6.07, 6.45) is 3.43. The highest BCUT2D eigenvalue weighted by Crippen LogP contribution is 2.39. The molecule has 3 atom stereocenters. The predicted octanol–water partition coefficient (Wildman–Crippen LogP) is 3.14. The molecule has 2 fully saturated rings. The summed E-state index contributed by atoms with van der Waals surface area (Å²) in [5.74, 6) is 3.27. The lowest BCUT2D eigenvalue weighted by atomic mass is 9.91. The molecule has 3 nitrogen and oxygen atoms in total. The third kappa shape index (κ3) is 3.13. The van der Waals surface area contributed by atoms with Gasteiger partial charge in [-0.3, -0.25) is 0 Å². The molecule has 3 unspecified atom stereocenters. The standard InChI is InChI=1S/C16H23NO2S/c1-12(17)13-3-2-4-14(9-13)19-15-5-7-18-16(10-15)6-8-20-11-16/h2-4,9,12,15H,5-8,10-11,17H2,1H3. The van der Waals surface area contributed by atoms with Crippen LogP contribution in [0.2, 0.25) is 0 Å². The van der Waals surface area contributed by atoms with Gasteiger partial charge >= 0.3 is 0 Å². The second kappa shape index (κ2) is 5.96. The molecule has 0 amide bonds. The van der Waals surface area contributed by atoms with E-state index in [-0.39, 0.29) is 17.7 Å². The molecule has 1 spiro atoms. The number of benzene rings is 1. The number of hydrogen-bond acceptors (Lipinski definition) is 4. The number of rotatable bonds is 3. The van der Waals surface area contributed by atoms with E-state index in [0.717, 1.165) is 42.9 Å². The summed E-state index contributed by atoms with van der Waals surface area (Å²) in [6, 6.07) is 8.21. The normalized spacial score (nSPS) is 31.4. The van der Waals surface area contributed by atoms with Crippen molar-refractivity contribution in [1.82, 2.24) is 0 Å². The van der Waals surface area contributed by atoms with E-state index in [1.807, 2.05) is 30.8 Å². The Bertz CT molecular complexity index is 458. The average Bonchev–Trinajstić information content (AvgIpc) is 2.87. The molecule has 20 heavy (non-hydrogen) atoms. The second-order valence-corrected chi connectivity index (χ2v) is 7.03. The maximum absolute atomic E-state index is 6.19. The van der Waals surface area contributed by atoms with Gasteiger partial charge in [-0.25, -0.2) is 0 Å². The Morgan fingerprint density at radius 3 is 3.15 bits per heavy atom. The van der Waals surface area contributed by atoms with Crippen molar-refractivity contribution >= 4 is 11.8 Å². The van der Waals surface area contributed by atoms with Crippen LogP contribution in [0.15, 0.2) is 24.3 Å². The SMILES string of the molecule is CC(N)c1cccc(OC2CCOC3(CCSC3)C2)c1. The third-order valence-electron chi connectivity index (χ3n) is 4.20. The highest BCUT2D eigenvalue weighted by molar-refractivity contribution is 7.99. The van der Waals surface area contributed by atoms with Crippen molar-refractivity contribution < 1.29 is 9.47 Å². The minimum atomic E-state index is 0.0470. The van der Waals surface area contributed by atoms with Crippen molar-refractivity contribution in [3.8, 4) is 5.75 Å². The number of nitrogens with two attached hydrogens (primary N) is 1. The minimum Gasteiger partial charge on any atom is -0.490 e. The Morgan fingerprint density at radius 1 is 1.50 bits per heavy atom. The average molecular weight is 293 g/mol. The Labute approximate surface area is 125 Å². The van der Waals surface area contributed by atoms with Gasteiger partial charge in [0.05, 0.1) is 12.2 Å². The quantitative estimate of drug-likeness (QED) is 0.930. The largest absolute Gasteiger partial charge is 0.490 e. The van der Waals surface area contributed by atoms with Crippen molar-refractivity contribution in [2.75, 3.05) is 18.1 Å². The summed E-state index contributed by atoms with van der Waals surface area (Å²) >= 11 is 2.00. The van der Waals surface area contributed by atoms with E-state index in [4.69, 9.17) is 15.2 Å². The Kier molecular flexibility index (Phi) is 4.24. The molecule has 2 aliphatic heterocycles. The minimum absolute atomic E-state index is 0.0470. The summed E-state index contributed by atoms with van der Waals surface area (Å²) in [4.78, 5) is 0. The van der Waals surface area contributed by atoms with Crippen LogP contribution in [0.1, 0.15) is 37.8 Å². The zero-order chi connectivity index (χ0) is 14.0. The maximum Gasteiger partial charge on any atom is 0.120 e. The zero-order valence-corrected chi connectivity index (χ0v) is 12.8. The van der Waals surface area contributed by atoms with E-state index in [1.165, 1.54) is 5.75 Å². The lowest BCUT2D eigenvalue weighted by Crippen LogP contribution is -2.43. The number of ether oxygens (including phenoxy) is 2. The molecule has 0 saturated carbocycles. The van der Waals surface area contributed by atoms with Crippen LogP contribution in [0.4, 0.5) is 0 Å². The van der Waals surface area contributed by atoms with Crippen molar-refractivity contribution in [2.24, 2.45) is 5.73 Å². The molecule has 1 aromatic carbocycles. The summed E-state index contributed by atoms with van der Waals surface area (Å²) in [5.41, 5.74) is 7.13. The van der Waals surface area contributed by atoms with Crippen molar-refractivity contribution in [1.29, 1.82) is 0 Å². The van der Waals surface area contributed by atoms with Gasteiger partial charge in [0.15, 0.2) is 0 Å². The van der Waals surface area contributed by atoms with Crippen molar-refractivity contribution in [3.63, 3.8) is 0 Å². The highest BCUT2D eigenvalue weighted by Gasteiger charge is 2.41. The van der Waals surface area contributed by atoms with E-state index < -0.39 is 0 Å². The number of hydrogen-bond donors (Lipinski definition) is 1. The number of thioether (sulfide) groups is 1. The third-order valence-corrected chi connectivity index (χ3v) is 5.42. The molecule has 4 heteroatoms. The second-order valence-electron chi connectivity index (χ2n) is 5.93. The Morgan fingerprint density at radius 2 is 2.40 bits per heavy atom. The molecular formula is C16H23NO2S. The molecule has 0 aromatic heterocycles. The van der Waals surface area contributed by atoms with E-state index in [2.05, 4.69) is 12.1 Å². The summed E-state index contributed by atoms with van der Waals surface area (Å²) in [6.45, 7) is 2.82. The van der Waals surface area contributed by atoms with Crippen molar-refractivity contribution in [3.05, 3.63) is 29.8 Å². The van der Waals surface area contributed by atoms with Crippen molar-refractivity contribution in [2.45, 2.75) is 43.9 Å². The van der Waals surface area contributed by atoms with Crippen LogP contribution in [-0.2, 0) is 4.74 Å². The lowest BCUT2D eigenvalue weighted by molar-refractivity contribution is -0.0959. The van der Waals surface area contributed by atoms with Gasteiger partial charge in [-0.15, -0.1) is 0 Å². The van der Waals surface area contributed by atoms with Crippen LogP contribution in [0.5, 0.6) is 5.75 Å². The van der Waals surface area contributed by atoms with Crippen LogP contribution < -0.4 is 10.5 Å². The van der Waals surface area contributed by atoms with E-state index in [1.54, 1.807) is 0 Å². The van der Waals surface area contributed by atoms with Gasteiger partial charge < -0.3 is 15.2 Å². The molecule has 0 radical (unpaired) electrons. The van der Waals surface area contributed by atoms with E-state index >= 15 is 0 Å². The Balaban J connectivity index is 1.66. The molecule has 3 rings (SSSR count). The fourth-order valence-electron chi connectivity index (χ4n) is 3.01. The van der Waals surface area contributed by atoms with Gasteiger partial charge in [-0.2, -0.15) is 11.8 Å². The summed E-state index contributed by atoms with van der Waals surface area (Å²) in [5, 5.41) is 0. The van der Waals surface area contributed by atoms with Crippen LogP contribution in [0.3, 0.4) is 0 Å². The van der Waals surface area contributed by atoms with Gasteiger partial charge in [0.1, 0.15) is 11.9 Å². The van der Waals surface area contributed by atoms with Crippen LogP contribution in [-0.4, -0.2) is 29.8 Å². The molecule has 2 heterocycles. The van der Waals surface area contributed by atoms with Crippen LogP contribution >= 0.6 is 11.8 Å². The fourth-order valence-corrected chi connectivity index (χ4v) is 4.39. The predicted molar refractivity (Wildman–Crippen MR) is 83.3 cm³/mol. The first-order valence-electron chi connectivity index (χ1n) is 7.41. The molecule has 1 aromatic rings. The van der Waals surface area contributed by atoms with Gasteiger partial charge in [0, 0.05) is 24.6 Å². The molecule has 2 N–H and O–H groups in total. The zero-order valence-electron chi connectivity index (χ0n) is 12.0. The highest BCUT2D eigenvalue weighted by atomic mass is 32.2.